The molecule has 0 N–H and O–H groups in total. The third kappa shape index (κ3) is 5.51. The molecule has 1 aromatic heterocycles. The van der Waals surface area contributed by atoms with Crippen LogP contribution in [-0.2, 0) is 22.4 Å². The molecule has 172 valence electrons. The number of alkyl halides is 3. The largest absolute Gasteiger partial charge is 0.496 e. The average Bonchev–Trinajstić information content (AvgIpc) is 3.01. The molecule has 0 aliphatic heterocycles. The van der Waals surface area contributed by atoms with Crippen molar-refractivity contribution in [2.24, 2.45) is 5.41 Å². The molecular weight excluding hydrogens is 437 g/mol. The van der Waals surface area contributed by atoms with Crippen molar-refractivity contribution in [2.75, 3.05) is 27.4 Å². The topological polar surface area (TPSA) is 62.6 Å². The van der Waals surface area contributed by atoms with Crippen molar-refractivity contribution in [3.8, 4) is 17.0 Å². The number of carbonyl (C=O) groups excluding carboxylic acids is 1. The van der Waals surface area contributed by atoms with Gasteiger partial charge in [-0.25, -0.2) is 4.79 Å². The standard InChI is InChI=1S/C21H26ClF3N2O4/c1-6-31-19(28)17-16(22)18(27(26-17)9-10-29-4)14-8-7-13(11-15(14)30-5)12-20(2,3)21(23,24)25/h7-8,11H,6,9-10,12H2,1-5H3. The van der Waals surface area contributed by atoms with Crippen molar-refractivity contribution in [1.82, 2.24) is 9.78 Å². The average molecular weight is 463 g/mol. The number of methoxy groups -OCH3 is 2. The van der Waals surface area contributed by atoms with Crippen LogP contribution in [0.2, 0.25) is 5.02 Å². The minimum absolute atomic E-state index is 0.0565. The summed E-state index contributed by atoms with van der Waals surface area (Å²) in [5, 5.41) is 4.32. The second-order valence-corrected chi connectivity index (χ2v) is 7.92. The van der Waals surface area contributed by atoms with Gasteiger partial charge in [-0.3, -0.25) is 4.68 Å². The molecule has 0 radical (unpaired) electrons. The second kappa shape index (κ2) is 9.91. The van der Waals surface area contributed by atoms with Crippen molar-refractivity contribution in [1.29, 1.82) is 0 Å². The summed E-state index contributed by atoms with van der Waals surface area (Å²) in [6, 6.07) is 4.73. The number of ether oxygens (including phenoxy) is 3. The van der Waals surface area contributed by atoms with E-state index in [1.165, 1.54) is 25.0 Å². The number of aromatic nitrogens is 2. The summed E-state index contributed by atoms with van der Waals surface area (Å²) in [5.41, 5.74) is -0.638. The predicted octanol–water partition coefficient (Wildman–Crippen LogP) is 5.17. The summed E-state index contributed by atoms with van der Waals surface area (Å²) in [6.45, 7) is 4.71. The molecular formula is C21H26ClF3N2O4. The smallest absolute Gasteiger partial charge is 0.394 e. The van der Waals surface area contributed by atoms with Crippen molar-refractivity contribution in [2.45, 2.75) is 39.9 Å². The molecule has 0 aliphatic rings. The van der Waals surface area contributed by atoms with Gasteiger partial charge >= 0.3 is 12.1 Å². The van der Waals surface area contributed by atoms with E-state index < -0.39 is 17.6 Å². The zero-order valence-corrected chi connectivity index (χ0v) is 18.9. The fourth-order valence-electron chi connectivity index (χ4n) is 3.02. The summed E-state index contributed by atoms with van der Waals surface area (Å²) in [5.74, 6) is -0.362. The van der Waals surface area contributed by atoms with Crippen LogP contribution in [-0.4, -0.2) is 49.4 Å². The van der Waals surface area contributed by atoms with E-state index in [0.29, 0.717) is 29.2 Å². The Morgan fingerprint density at radius 2 is 1.90 bits per heavy atom. The number of hydrogen-bond donors (Lipinski definition) is 0. The van der Waals surface area contributed by atoms with Crippen LogP contribution >= 0.6 is 11.6 Å². The van der Waals surface area contributed by atoms with Crippen LogP contribution < -0.4 is 4.74 Å². The number of nitrogens with zero attached hydrogens (tertiary/aromatic N) is 2. The monoisotopic (exact) mass is 462 g/mol. The number of carbonyl (C=O) groups is 1. The van der Waals surface area contributed by atoms with Crippen LogP contribution in [0.5, 0.6) is 5.75 Å². The Hall–Kier alpha value is -2.26. The molecule has 0 atom stereocenters. The van der Waals surface area contributed by atoms with Crippen molar-refractivity contribution >= 4 is 17.6 Å². The van der Waals surface area contributed by atoms with Crippen LogP contribution in [0.1, 0.15) is 36.8 Å². The first-order chi connectivity index (χ1) is 14.5. The quantitative estimate of drug-likeness (QED) is 0.481. The summed E-state index contributed by atoms with van der Waals surface area (Å²) in [6.07, 6.45) is -4.58. The van der Waals surface area contributed by atoms with Gasteiger partial charge in [0.25, 0.3) is 0 Å². The number of hydrogen-bond acceptors (Lipinski definition) is 5. The Balaban J connectivity index is 2.55. The molecule has 0 saturated carbocycles. The highest BCUT2D eigenvalue weighted by Gasteiger charge is 2.47. The van der Waals surface area contributed by atoms with Crippen LogP contribution in [0.15, 0.2) is 18.2 Å². The molecule has 1 aromatic carbocycles. The third-order valence-corrected chi connectivity index (χ3v) is 5.16. The molecule has 0 spiro atoms. The van der Waals surface area contributed by atoms with Crippen LogP contribution in [0.25, 0.3) is 11.3 Å². The van der Waals surface area contributed by atoms with E-state index >= 15 is 0 Å². The van der Waals surface area contributed by atoms with Crippen molar-refractivity contribution < 1.29 is 32.2 Å². The minimum atomic E-state index is -4.35. The number of benzene rings is 1. The summed E-state index contributed by atoms with van der Waals surface area (Å²) >= 11 is 6.48. The van der Waals surface area contributed by atoms with Gasteiger partial charge in [-0.1, -0.05) is 31.5 Å². The molecule has 1 heterocycles. The van der Waals surface area contributed by atoms with Gasteiger partial charge in [-0.05, 0) is 31.0 Å². The van der Waals surface area contributed by atoms with Crippen molar-refractivity contribution in [3.63, 3.8) is 0 Å². The van der Waals surface area contributed by atoms with E-state index in [2.05, 4.69) is 5.10 Å². The fourth-order valence-corrected chi connectivity index (χ4v) is 3.33. The number of rotatable bonds is 9. The Morgan fingerprint density at radius 1 is 1.23 bits per heavy atom. The normalized spacial score (nSPS) is 12.2. The zero-order valence-electron chi connectivity index (χ0n) is 18.1. The van der Waals surface area contributed by atoms with E-state index in [1.807, 2.05) is 0 Å². The van der Waals surface area contributed by atoms with Crippen LogP contribution in [0.3, 0.4) is 0 Å². The maximum absolute atomic E-state index is 13.3. The first-order valence-corrected chi connectivity index (χ1v) is 10.0. The Morgan fingerprint density at radius 3 is 2.45 bits per heavy atom. The Kier molecular flexibility index (Phi) is 7.99. The molecule has 0 bridgehead atoms. The first-order valence-electron chi connectivity index (χ1n) is 9.63. The van der Waals surface area contributed by atoms with Gasteiger partial charge in [-0.15, -0.1) is 0 Å². The van der Waals surface area contributed by atoms with Gasteiger partial charge in [0.15, 0.2) is 5.69 Å². The van der Waals surface area contributed by atoms with Crippen molar-refractivity contribution in [3.05, 3.63) is 34.5 Å². The van der Waals surface area contributed by atoms with Crippen LogP contribution in [0.4, 0.5) is 13.2 Å². The fraction of sp³-hybridized carbons (Fsp3) is 0.524. The third-order valence-electron chi connectivity index (χ3n) is 4.81. The van der Waals surface area contributed by atoms with Gasteiger partial charge in [0.2, 0.25) is 0 Å². The van der Waals surface area contributed by atoms with Crippen LogP contribution in [0, 0.1) is 5.41 Å². The molecule has 0 fully saturated rings. The zero-order chi connectivity index (χ0) is 23.4. The molecule has 0 unspecified atom stereocenters. The second-order valence-electron chi connectivity index (χ2n) is 7.54. The van der Waals surface area contributed by atoms with Gasteiger partial charge < -0.3 is 14.2 Å². The van der Waals surface area contributed by atoms with E-state index in [0.717, 1.165) is 13.8 Å². The molecule has 2 aromatic rings. The maximum atomic E-state index is 13.3. The van der Waals surface area contributed by atoms with Gasteiger partial charge in [0.1, 0.15) is 10.8 Å². The van der Waals surface area contributed by atoms with E-state index in [9.17, 15) is 18.0 Å². The highest BCUT2D eigenvalue weighted by molar-refractivity contribution is 6.36. The van der Waals surface area contributed by atoms with Gasteiger partial charge in [0.05, 0.1) is 38.0 Å². The number of esters is 1. The summed E-state index contributed by atoms with van der Waals surface area (Å²) < 4.78 is 56.9. The molecule has 2 rings (SSSR count). The highest BCUT2D eigenvalue weighted by Crippen LogP contribution is 2.42. The molecule has 0 saturated heterocycles. The first kappa shape index (κ1) is 25.0. The Labute approximate surface area is 184 Å². The Bertz CT molecular complexity index is 926. The summed E-state index contributed by atoms with van der Waals surface area (Å²) in [7, 11) is 2.93. The predicted molar refractivity (Wildman–Crippen MR) is 111 cm³/mol. The maximum Gasteiger partial charge on any atom is 0.394 e. The molecule has 0 amide bonds. The summed E-state index contributed by atoms with van der Waals surface area (Å²) in [4.78, 5) is 12.2. The van der Waals surface area contributed by atoms with E-state index in [1.54, 1.807) is 19.1 Å². The van der Waals surface area contributed by atoms with E-state index in [4.69, 9.17) is 25.8 Å². The van der Waals surface area contributed by atoms with Gasteiger partial charge in [0, 0.05) is 12.7 Å². The minimum Gasteiger partial charge on any atom is -0.496 e. The highest BCUT2D eigenvalue weighted by atomic mass is 35.5. The lowest BCUT2D eigenvalue weighted by Crippen LogP contribution is -2.34. The molecule has 0 aliphatic carbocycles. The molecule has 31 heavy (non-hydrogen) atoms. The van der Waals surface area contributed by atoms with E-state index in [-0.39, 0.29) is 30.3 Å². The molecule has 10 heteroatoms. The lowest BCUT2D eigenvalue weighted by molar-refractivity contribution is -0.211. The number of halogens is 4. The molecule has 6 nitrogen and oxygen atoms in total. The SMILES string of the molecule is CCOC(=O)c1nn(CCOC)c(-c2ccc(CC(C)(C)C(F)(F)F)cc2OC)c1Cl. The lowest BCUT2D eigenvalue weighted by Gasteiger charge is -2.28. The van der Waals surface area contributed by atoms with Gasteiger partial charge in [-0.2, -0.15) is 18.3 Å². The lowest BCUT2D eigenvalue weighted by atomic mass is 9.84.